The van der Waals surface area contributed by atoms with Crippen LogP contribution in [0.3, 0.4) is 0 Å². The molecule has 0 aliphatic carbocycles. The van der Waals surface area contributed by atoms with Crippen LogP contribution in [0, 0.1) is 0 Å². The second kappa shape index (κ2) is 13.9. The van der Waals surface area contributed by atoms with Crippen molar-refractivity contribution >= 4 is 0 Å². The van der Waals surface area contributed by atoms with Crippen LogP contribution in [-0.2, 0) is 4.74 Å². The number of rotatable bonds is 2. The summed E-state index contributed by atoms with van der Waals surface area (Å²) in [5.74, 6) is 0. The lowest BCUT2D eigenvalue weighted by molar-refractivity contribution is 0.143. The van der Waals surface area contributed by atoms with Gasteiger partial charge in [-0.25, -0.2) is 0 Å². The fourth-order valence-electron chi connectivity index (χ4n) is 3.26. The van der Waals surface area contributed by atoms with Crippen LogP contribution in [0.15, 0.2) is 0 Å². The Hall–Kier alpha value is -0.240. The van der Waals surface area contributed by atoms with Crippen molar-refractivity contribution in [1.82, 2.24) is 25.8 Å². The molecule has 1 aliphatic heterocycles. The molecule has 0 bridgehead atoms. The smallest absolute Gasteiger partial charge is 0.0628 e. The molecule has 0 aromatic heterocycles. The molecular formula is C19H43N5O. The molecule has 0 aromatic rings. The highest BCUT2D eigenvalue weighted by Gasteiger charge is 2.13. The molecule has 3 atom stereocenters. The van der Waals surface area contributed by atoms with Crippen molar-refractivity contribution in [3.8, 4) is 0 Å². The average Bonchev–Trinajstić information content (AvgIpc) is 2.58. The molecule has 0 saturated carbocycles. The third-order valence-electron chi connectivity index (χ3n) is 5.13. The molecule has 0 spiro atoms. The van der Waals surface area contributed by atoms with Crippen molar-refractivity contribution in [3.05, 3.63) is 0 Å². The number of nitrogens with one attached hydrogen (secondary N) is 3. The van der Waals surface area contributed by atoms with Gasteiger partial charge in [0.25, 0.3) is 0 Å². The summed E-state index contributed by atoms with van der Waals surface area (Å²) >= 11 is 0. The van der Waals surface area contributed by atoms with Gasteiger partial charge in [0.1, 0.15) is 0 Å². The van der Waals surface area contributed by atoms with Crippen LogP contribution in [0.5, 0.6) is 0 Å². The number of hydrogen-bond donors (Lipinski definition) is 3. The zero-order valence-electron chi connectivity index (χ0n) is 17.3. The van der Waals surface area contributed by atoms with Crippen LogP contribution in [-0.4, -0.2) is 102 Å². The van der Waals surface area contributed by atoms with Crippen LogP contribution in [0.2, 0.25) is 0 Å². The van der Waals surface area contributed by atoms with Gasteiger partial charge in [0.2, 0.25) is 0 Å². The first-order valence-corrected chi connectivity index (χ1v) is 10.1. The van der Waals surface area contributed by atoms with E-state index < -0.39 is 0 Å². The summed E-state index contributed by atoms with van der Waals surface area (Å²) < 4.78 is 5.40. The number of nitrogens with zero attached hydrogens (tertiary/aromatic N) is 2. The Bertz CT molecular complexity index is 318. The van der Waals surface area contributed by atoms with Crippen molar-refractivity contribution in [3.63, 3.8) is 0 Å². The van der Waals surface area contributed by atoms with Gasteiger partial charge in [-0.2, -0.15) is 0 Å². The highest BCUT2D eigenvalue weighted by Crippen LogP contribution is 1.99. The standard InChI is InChI=1S/C19H43N5O/c1-17-13-22-19(16-25-5)15-23(3)11-8-9-20-14-18(2)24(4)12-7-6-10-21-17/h17-22H,6-16H2,1-5H3. The van der Waals surface area contributed by atoms with Crippen LogP contribution in [0.1, 0.15) is 33.1 Å². The summed E-state index contributed by atoms with van der Waals surface area (Å²) in [7, 11) is 6.24. The molecule has 1 saturated heterocycles. The number of methoxy groups -OCH3 is 1. The third-order valence-corrected chi connectivity index (χ3v) is 5.13. The molecule has 3 unspecified atom stereocenters. The van der Waals surface area contributed by atoms with Gasteiger partial charge >= 0.3 is 0 Å². The molecule has 1 rings (SSSR count). The lowest BCUT2D eigenvalue weighted by atomic mass is 10.2. The Balaban J connectivity index is 2.48. The molecule has 0 aromatic carbocycles. The van der Waals surface area contributed by atoms with E-state index in [-0.39, 0.29) is 0 Å². The molecule has 1 aliphatic rings. The quantitative estimate of drug-likeness (QED) is 0.673. The molecule has 3 N–H and O–H groups in total. The fraction of sp³-hybridized carbons (Fsp3) is 1.00. The lowest BCUT2D eigenvalue weighted by Gasteiger charge is -2.27. The molecule has 1 heterocycles. The van der Waals surface area contributed by atoms with Gasteiger partial charge in [-0.3, -0.25) is 0 Å². The van der Waals surface area contributed by atoms with E-state index in [1.54, 1.807) is 7.11 Å². The average molecular weight is 358 g/mol. The monoisotopic (exact) mass is 357 g/mol. The van der Waals surface area contributed by atoms with Gasteiger partial charge in [0.05, 0.1) is 6.61 Å². The van der Waals surface area contributed by atoms with E-state index in [0.29, 0.717) is 18.1 Å². The van der Waals surface area contributed by atoms with Crippen LogP contribution in [0.4, 0.5) is 0 Å². The minimum Gasteiger partial charge on any atom is -0.383 e. The molecule has 25 heavy (non-hydrogen) atoms. The maximum absolute atomic E-state index is 5.40. The summed E-state index contributed by atoms with van der Waals surface area (Å²) in [6.07, 6.45) is 3.68. The predicted octanol–water partition coefficient (Wildman–Crippen LogP) is 0.595. The molecule has 150 valence electrons. The minimum atomic E-state index is 0.389. The zero-order valence-corrected chi connectivity index (χ0v) is 17.3. The zero-order chi connectivity index (χ0) is 18.5. The second-order valence-corrected chi connectivity index (χ2v) is 7.77. The van der Waals surface area contributed by atoms with Crippen molar-refractivity contribution in [1.29, 1.82) is 0 Å². The number of likely N-dealkylation sites (N-methyl/N-ethyl adjacent to an activating group) is 2. The van der Waals surface area contributed by atoms with E-state index in [0.717, 1.165) is 45.9 Å². The fourth-order valence-corrected chi connectivity index (χ4v) is 3.26. The Morgan fingerprint density at radius 2 is 1.76 bits per heavy atom. The topological polar surface area (TPSA) is 51.8 Å². The molecule has 6 nitrogen and oxygen atoms in total. The normalized spacial score (nSPS) is 31.3. The summed E-state index contributed by atoms with van der Waals surface area (Å²) in [6.45, 7) is 12.9. The van der Waals surface area contributed by atoms with Crippen molar-refractivity contribution < 1.29 is 4.74 Å². The minimum absolute atomic E-state index is 0.389. The highest BCUT2D eigenvalue weighted by atomic mass is 16.5. The van der Waals surface area contributed by atoms with E-state index in [2.05, 4.69) is 53.7 Å². The van der Waals surface area contributed by atoms with E-state index in [4.69, 9.17) is 4.74 Å². The molecule has 6 heteroatoms. The van der Waals surface area contributed by atoms with Crippen LogP contribution < -0.4 is 16.0 Å². The lowest BCUT2D eigenvalue weighted by Crippen LogP contribution is -2.48. The first kappa shape index (κ1) is 22.8. The highest BCUT2D eigenvalue weighted by molar-refractivity contribution is 4.75. The Morgan fingerprint density at radius 1 is 0.960 bits per heavy atom. The molecule has 0 radical (unpaired) electrons. The Morgan fingerprint density at radius 3 is 2.52 bits per heavy atom. The summed E-state index contributed by atoms with van der Waals surface area (Å²) in [4.78, 5) is 4.89. The Labute approximate surface area is 156 Å². The van der Waals surface area contributed by atoms with Gasteiger partial charge in [-0.15, -0.1) is 0 Å². The summed E-state index contributed by atoms with van der Waals surface area (Å²) in [6, 6.07) is 1.47. The van der Waals surface area contributed by atoms with Gasteiger partial charge in [0, 0.05) is 44.9 Å². The van der Waals surface area contributed by atoms with Gasteiger partial charge < -0.3 is 30.5 Å². The largest absolute Gasteiger partial charge is 0.383 e. The van der Waals surface area contributed by atoms with Crippen LogP contribution >= 0.6 is 0 Å². The van der Waals surface area contributed by atoms with Crippen molar-refractivity contribution in [2.45, 2.75) is 51.2 Å². The van der Waals surface area contributed by atoms with E-state index in [9.17, 15) is 0 Å². The van der Waals surface area contributed by atoms with Gasteiger partial charge in [0.15, 0.2) is 0 Å². The number of hydrogen-bond acceptors (Lipinski definition) is 6. The van der Waals surface area contributed by atoms with E-state index in [1.807, 2.05) is 0 Å². The Kier molecular flexibility index (Phi) is 12.7. The molecule has 1 fully saturated rings. The van der Waals surface area contributed by atoms with Gasteiger partial charge in [-0.05, 0) is 73.4 Å². The second-order valence-electron chi connectivity index (χ2n) is 7.77. The van der Waals surface area contributed by atoms with Crippen LogP contribution in [0.25, 0.3) is 0 Å². The predicted molar refractivity (Wildman–Crippen MR) is 107 cm³/mol. The molecular weight excluding hydrogens is 314 g/mol. The van der Waals surface area contributed by atoms with Crippen molar-refractivity contribution in [2.75, 3.05) is 73.6 Å². The molecule has 0 amide bonds. The van der Waals surface area contributed by atoms with Crippen molar-refractivity contribution in [2.24, 2.45) is 0 Å². The summed E-state index contributed by atoms with van der Waals surface area (Å²) in [5.41, 5.74) is 0. The first-order valence-electron chi connectivity index (χ1n) is 10.1. The van der Waals surface area contributed by atoms with Gasteiger partial charge in [-0.1, -0.05) is 0 Å². The van der Waals surface area contributed by atoms with E-state index in [1.165, 1.54) is 25.8 Å². The maximum atomic E-state index is 5.40. The first-order chi connectivity index (χ1) is 12.0. The SMILES string of the molecule is COCC1CN(C)CCCNCC(C)N(C)CCCCNC(C)CN1. The maximum Gasteiger partial charge on any atom is 0.0628 e. The number of ether oxygens (including phenoxy) is 1. The third kappa shape index (κ3) is 11.2. The van der Waals surface area contributed by atoms with E-state index >= 15 is 0 Å². The summed E-state index contributed by atoms with van der Waals surface area (Å²) in [5, 5.41) is 10.9.